The molecule has 1 aliphatic rings. The maximum Gasteiger partial charge on any atom is 0.255 e. The van der Waals surface area contributed by atoms with E-state index in [1.165, 1.54) is 10.7 Å². The third-order valence-corrected chi connectivity index (χ3v) is 5.97. The summed E-state index contributed by atoms with van der Waals surface area (Å²) in [5, 5.41) is 10.8. The van der Waals surface area contributed by atoms with Gasteiger partial charge >= 0.3 is 0 Å². The summed E-state index contributed by atoms with van der Waals surface area (Å²) in [4.78, 5) is 18.1. The fourth-order valence-corrected chi connectivity index (χ4v) is 4.25. The van der Waals surface area contributed by atoms with Gasteiger partial charge in [0.25, 0.3) is 5.91 Å². The first-order valence-electron chi connectivity index (χ1n) is 11.3. The minimum Gasteiger partial charge on any atom is -0.493 e. The Kier molecular flexibility index (Phi) is 6.12. The van der Waals surface area contributed by atoms with Crippen LogP contribution in [-0.2, 0) is 4.79 Å². The molecule has 2 heterocycles. The van der Waals surface area contributed by atoms with Crippen LogP contribution in [0.25, 0.3) is 11.4 Å². The summed E-state index contributed by atoms with van der Waals surface area (Å²) in [6.45, 7) is 1.77. The molecule has 1 atom stereocenters. The molecule has 0 aliphatic carbocycles. The first-order valence-corrected chi connectivity index (χ1v) is 11.3. The maximum absolute atomic E-state index is 15.1. The number of amides is 1. The van der Waals surface area contributed by atoms with Crippen molar-refractivity contribution >= 4 is 17.5 Å². The van der Waals surface area contributed by atoms with Crippen molar-refractivity contribution in [2.45, 2.75) is 13.0 Å². The summed E-state index contributed by atoms with van der Waals surface area (Å²) < 4.78 is 27.4. The molecule has 4 aromatic rings. The number of hydrogen-bond acceptors (Lipinski definition) is 6. The highest BCUT2D eigenvalue weighted by Crippen LogP contribution is 2.38. The summed E-state index contributed by atoms with van der Waals surface area (Å²) >= 11 is 0. The van der Waals surface area contributed by atoms with E-state index in [9.17, 15) is 4.79 Å². The number of halogens is 1. The van der Waals surface area contributed by atoms with Gasteiger partial charge in [-0.15, -0.1) is 5.10 Å². The van der Waals surface area contributed by atoms with Gasteiger partial charge in [-0.2, -0.15) is 4.98 Å². The summed E-state index contributed by atoms with van der Waals surface area (Å²) in [6.07, 6.45) is 0. The second-order valence-corrected chi connectivity index (χ2v) is 8.18. The van der Waals surface area contributed by atoms with Gasteiger partial charge in [-0.3, -0.25) is 4.79 Å². The molecule has 0 spiro atoms. The fraction of sp³-hybridized carbons (Fsp3) is 0.148. The van der Waals surface area contributed by atoms with Crippen LogP contribution < -0.4 is 20.1 Å². The number of para-hydroxylation sites is 1. The molecule has 1 aliphatic heterocycles. The first-order chi connectivity index (χ1) is 17.5. The molecular formula is C27H24FN5O3. The lowest BCUT2D eigenvalue weighted by atomic mass is 9.94. The number of benzene rings is 3. The number of fused-ring (bicyclic) bond motifs is 1. The SMILES string of the molecule is COc1ccc(-c2nc3n(n2)C(c2ccccc2F)C(C(=O)Nc2ccccc2)=C(C)N3)cc1OC. The number of hydrogen-bond donors (Lipinski definition) is 2. The van der Waals surface area contributed by atoms with E-state index >= 15 is 4.39 Å². The van der Waals surface area contributed by atoms with Crippen molar-refractivity contribution in [2.24, 2.45) is 0 Å². The number of rotatable bonds is 6. The number of carbonyl (C=O) groups excluding carboxylic acids is 1. The number of nitrogens with zero attached hydrogens (tertiary/aromatic N) is 3. The van der Waals surface area contributed by atoms with Gasteiger partial charge < -0.3 is 20.1 Å². The van der Waals surface area contributed by atoms with Crippen LogP contribution in [0.4, 0.5) is 16.0 Å². The zero-order valence-corrected chi connectivity index (χ0v) is 19.9. The Balaban J connectivity index is 1.61. The van der Waals surface area contributed by atoms with E-state index in [2.05, 4.69) is 15.6 Å². The van der Waals surface area contributed by atoms with E-state index < -0.39 is 11.9 Å². The van der Waals surface area contributed by atoms with Crippen LogP contribution in [0.2, 0.25) is 0 Å². The highest BCUT2D eigenvalue weighted by atomic mass is 19.1. The van der Waals surface area contributed by atoms with Gasteiger partial charge in [0.2, 0.25) is 5.95 Å². The standard InChI is InChI=1S/C27H24FN5O3/c1-16-23(26(34)30-18-9-5-4-6-10-18)24(19-11-7-8-12-20(19)28)33-27(29-16)31-25(32-33)17-13-14-21(35-2)22(15-17)36-3/h4-15,24H,1-3H3,(H,30,34)(H,29,31,32). The molecule has 8 nitrogen and oxygen atoms in total. The van der Waals surface area contributed by atoms with Crippen LogP contribution >= 0.6 is 0 Å². The van der Waals surface area contributed by atoms with Crippen LogP contribution in [0.3, 0.4) is 0 Å². The van der Waals surface area contributed by atoms with Gasteiger partial charge in [-0.05, 0) is 43.3 Å². The molecule has 0 fully saturated rings. The zero-order valence-electron chi connectivity index (χ0n) is 19.9. The first kappa shape index (κ1) is 23.1. The molecule has 5 rings (SSSR count). The van der Waals surface area contributed by atoms with E-state index in [4.69, 9.17) is 14.6 Å². The Bertz CT molecular complexity index is 1470. The predicted molar refractivity (Wildman–Crippen MR) is 134 cm³/mol. The summed E-state index contributed by atoms with van der Waals surface area (Å²) in [6, 6.07) is 20.0. The van der Waals surface area contributed by atoms with Crippen molar-refractivity contribution in [3.63, 3.8) is 0 Å². The number of ether oxygens (including phenoxy) is 2. The number of anilines is 2. The second kappa shape index (κ2) is 9.53. The van der Waals surface area contributed by atoms with E-state index in [0.29, 0.717) is 51.4 Å². The molecule has 182 valence electrons. The molecule has 0 saturated carbocycles. The van der Waals surface area contributed by atoms with Gasteiger partial charge in [0, 0.05) is 22.5 Å². The van der Waals surface area contributed by atoms with E-state index in [1.807, 2.05) is 24.3 Å². The van der Waals surface area contributed by atoms with Crippen molar-refractivity contribution < 1.29 is 18.7 Å². The average molecular weight is 486 g/mol. The molecule has 0 radical (unpaired) electrons. The Labute approximate surface area is 207 Å². The van der Waals surface area contributed by atoms with Crippen LogP contribution in [-0.4, -0.2) is 34.9 Å². The smallest absolute Gasteiger partial charge is 0.255 e. The monoisotopic (exact) mass is 485 g/mol. The van der Waals surface area contributed by atoms with Gasteiger partial charge in [-0.1, -0.05) is 36.4 Å². The minimum atomic E-state index is -0.840. The Morgan fingerprint density at radius 2 is 1.72 bits per heavy atom. The van der Waals surface area contributed by atoms with Crippen molar-refractivity contribution in [3.05, 3.63) is 95.4 Å². The van der Waals surface area contributed by atoms with Crippen LogP contribution in [0, 0.1) is 5.82 Å². The topological polar surface area (TPSA) is 90.3 Å². The normalized spacial score (nSPS) is 14.6. The summed E-state index contributed by atoms with van der Waals surface area (Å²) in [5.41, 5.74) is 2.50. The molecule has 36 heavy (non-hydrogen) atoms. The van der Waals surface area contributed by atoms with E-state index in [-0.39, 0.29) is 5.91 Å². The maximum atomic E-state index is 15.1. The van der Waals surface area contributed by atoms with Crippen LogP contribution in [0.1, 0.15) is 18.5 Å². The largest absolute Gasteiger partial charge is 0.493 e. The molecule has 0 saturated heterocycles. The van der Waals surface area contributed by atoms with Crippen LogP contribution in [0.15, 0.2) is 84.1 Å². The quantitative estimate of drug-likeness (QED) is 0.398. The lowest BCUT2D eigenvalue weighted by Crippen LogP contribution is -2.32. The van der Waals surface area contributed by atoms with E-state index in [0.717, 1.165) is 0 Å². The summed E-state index contributed by atoms with van der Waals surface area (Å²) in [5.74, 6) is 1.06. The number of methoxy groups -OCH3 is 2. The predicted octanol–water partition coefficient (Wildman–Crippen LogP) is 5.03. The Morgan fingerprint density at radius 3 is 2.44 bits per heavy atom. The number of nitrogens with one attached hydrogen (secondary N) is 2. The third kappa shape index (κ3) is 4.15. The zero-order chi connectivity index (χ0) is 25.2. The fourth-order valence-electron chi connectivity index (χ4n) is 4.25. The molecular weight excluding hydrogens is 461 g/mol. The molecule has 1 unspecified atom stereocenters. The molecule has 9 heteroatoms. The Hall–Kier alpha value is -4.66. The average Bonchev–Trinajstić information content (AvgIpc) is 3.32. The third-order valence-electron chi connectivity index (χ3n) is 5.97. The van der Waals surface area contributed by atoms with Gasteiger partial charge in [0.05, 0.1) is 19.8 Å². The molecule has 3 aromatic carbocycles. The molecule has 1 aromatic heterocycles. The van der Waals surface area contributed by atoms with Crippen LogP contribution in [0.5, 0.6) is 11.5 Å². The lowest BCUT2D eigenvalue weighted by molar-refractivity contribution is -0.113. The van der Waals surface area contributed by atoms with Gasteiger partial charge in [0.15, 0.2) is 17.3 Å². The molecule has 2 N–H and O–H groups in total. The Morgan fingerprint density at radius 1 is 1.00 bits per heavy atom. The molecule has 0 bridgehead atoms. The second-order valence-electron chi connectivity index (χ2n) is 8.18. The molecule has 1 amide bonds. The van der Waals surface area contributed by atoms with Crippen molar-refractivity contribution in [1.82, 2.24) is 14.8 Å². The minimum absolute atomic E-state index is 0.307. The van der Waals surface area contributed by atoms with Crippen molar-refractivity contribution in [3.8, 4) is 22.9 Å². The summed E-state index contributed by atoms with van der Waals surface area (Å²) in [7, 11) is 3.11. The number of aromatic nitrogens is 3. The highest BCUT2D eigenvalue weighted by Gasteiger charge is 2.36. The van der Waals surface area contributed by atoms with Gasteiger partial charge in [0.1, 0.15) is 11.9 Å². The number of carbonyl (C=O) groups is 1. The van der Waals surface area contributed by atoms with E-state index in [1.54, 1.807) is 63.6 Å². The highest BCUT2D eigenvalue weighted by molar-refractivity contribution is 6.06. The lowest BCUT2D eigenvalue weighted by Gasteiger charge is -2.28. The number of allylic oxidation sites excluding steroid dienone is 1. The van der Waals surface area contributed by atoms with Gasteiger partial charge in [-0.25, -0.2) is 9.07 Å². The van der Waals surface area contributed by atoms with Crippen molar-refractivity contribution in [2.75, 3.05) is 24.9 Å². The van der Waals surface area contributed by atoms with Crippen molar-refractivity contribution in [1.29, 1.82) is 0 Å².